The normalized spacial score (nSPS) is 11.2. The number of halogens is 1. The molecule has 0 fully saturated rings. The van der Waals surface area contributed by atoms with Gasteiger partial charge >= 0.3 is 0 Å². The molecule has 0 bridgehead atoms. The fourth-order valence-electron chi connectivity index (χ4n) is 2.56. The molecule has 2 aromatic carbocycles. The predicted octanol–water partition coefficient (Wildman–Crippen LogP) is 3.33. The van der Waals surface area contributed by atoms with Crippen LogP contribution < -0.4 is 11.0 Å². The molecule has 0 aliphatic carbocycles. The predicted molar refractivity (Wildman–Crippen MR) is 105 cm³/mol. The number of nitrogens with one attached hydrogen (secondary N) is 1. The number of hydrogen-bond acceptors (Lipinski definition) is 4. The molecule has 0 unspecified atom stereocenters. The Morgan fingerprint density at radius 1 is 1.19 bits per heavy atom. The number of nitrogens with zero attached hydrogens (tertiary/aromatic N) is 3. The van der Waals surface area contributed by atoms with Crippen LogP contribution in [0.2, 0.25) is 0 Å². The van der Waals surface area contributed by atoms with Crippen molar-refractivity contribution in [1.29, 1.82) is 0 Å². The average Bonchev–Trinajstić information content (AvgIpc) is 2.65. The van der Waals surface area contributed by atoms with Gasteiger partial charge in [-0.3, -0.25) is 9.59 Å². The summed E-state index contributed by atoms with van der Waals surface area (Å²) in [7, 11) is 0. The highest BCUT2D eigenvalue weighted by atomic mass is 79.9. The maximum atomic E-state index is 12.6. The summed E-state index contributed by atoms with van der Waals surface area (Å²) < 4.78 is 2.20. The van der Waals surface area contributed by atoms with Gasteiger partial charge in [0.15, 0.2) is 5.69 Å². The van der Waals surface area contributed by atoms with E-state index in [1.807, 2.05) is 31.2 Å². The first kappa shape index (κ1) is 18.0. The van der Waals surface area contributed by atoms with Gasteiger partial charge in [0, 0.05) is 22.0 Å². The van der Waals surface area contributed by atoms with E-state index in [0.717, 1.165) is 16.5 Å². The summed E-state index contributed by atoms with van der Waals surface area (Å²) in [4.78, 5) is 25.1. The first-order valence-corrected chi connectivity index (χ1v) is 8.99. The number of carbonyl (C=O) groups excluding carboxylic acids is 1. The van der Waals surface area contributed by atoms with Crippen molar-refractivity contribution >= 4 is 38.8 Å². The standard InChI is InChI=1S/C19H17BrN4O2/c1-2-11-24-19(26)15-9-5-4-8-14(15)17(23-24)18(25)22-21-12-13-7-3-6-10-16(13)20/h3-10,12H,2,11H2,1H3,(H,22,25)/b21-12-. The number of aryl methyl sites for hydroxylation is 1. The summed E-state index contributed by atoms with van der Waals surface area (Å²) >= 11 is 3.42. The third kappa shape index (κ3) is 3.72. The van der Waals surface area contributed by atoms with E-state index in [-0.39, 0.29) is 11.3 Å². The summed E-state index contributed by atoms with van der Waals surface area (Å²) in [6.45, 7) is 2.40. The Labute approximate surface area is 158 Å². The molecular formula is C19H17BrN4O2. The molecular weight excluding hydrogens is 396 g/mol. The van der Waals surface area contributed by atoms with Crippen LogP contribution in [0, 0.1) is 0 Å². The van der Waals surface area contributed by atoms with Gasteiger partial charge in [0.1, 0.15) is 0 Å². The largest absolute Gasteiger partial charge is 0.292 e. The Morgan fingerprint density at radius 3 is 2.62 bits per heavy atom. The van der Waals surface area contributed by atoms with Crippen LogP contribution >= 0.6 is 15.9 Å². The molecule has 3 rings (SSSR count). The number of hydrazone groups is 1. The molecule has 1 amide bonds. The monoisotopic (exact) mass is 412 g/mol. The molecule has 7 heteroatoms. The van der Waals surface area contributed by atoms with E-state index >= 15 is 0 Å². The fraction of sp³-hybridized carbons (Fsp3) is 0.158. The van der Waals surface area contributed by atoms with E-state index in [4.69, 9.17) is 0 Å². The smallest absolute Gasteiger partial charge is 0.267 e. The summed E-state index contributed by atoms with van der Waals surface area (Å²) in [5.41, 5.74) is 3.30. The van der Waals surface area contributed by atoms with E-state index < -0.39 is 5.91 Å². The minimum atomic E-state index is -0.464. The second kappa shape index (κ2) is 8.05. The number of hydrogen-bond donors (Lipinski definition) is 1. The average molecular weight is 413 g/mol. The topological polar surface area (TPSA) is 76.3 Å². The van der Waals surface area contributed by atoms with Crippen molar-refractivity contribution in [3.63, 3.8) is 0 Å². The minimum Gasteiger partial charge on any atom is -0.267 e. The summed E-state index contributed by atoms with van der Waals surface area (Å²) in [6.07, 6.45) is 2.29. The van der Waals surface area contributed by atoms with Crippen LogP contribution in [0.1, 0.15) is 29.4 Å². The fourth-order valence-corrected chi connectivity index (χ4v) is 2.95. The van der Waals surface area contributed by atoms with Gasteiger partial charge < -0.3 is 0 Å². The Balaban J connectivity index is 1.94. The molecule has 132 valence electrons. The molecule has 0 saturated carbocycles. The Bertz CT molecular complexity index is 1040. The summed E-state index contributed by atoms with van der Waals surface area (Å²) in [5, 5.41) is 9.22. The molecule has 0 atom stereocenters. The zero-order valence-corrected chi connectivity index (χ0v) is 15.7. The van der Waals surface area contributed by atoms with Crippen LogP contribution in [0.25, 0.3) is 10.8 Å². The van der Waals surface area contributed by atoms with Crippen molar-refractivity contribution in [1.82, 2.24) is 15.2 Å². The number of benzene rings is 2. The number of aromatic nitrogens is 2. The van der Waals surface area contributed by atoms with Gasteiger partial charge in [0.05, 0.1) is 11.6 Å². The van der Waals surface area contributed by atoms with E-state index in [0.29, 0.717) is 17.3 Å². The zero-order valence-electron chi connectivity index (χ0n) is 14.1. The van der Waals surface area contributed by atoms with Crippen LogP contribution in [0.4, 0.5) is 0 Å². The van der Waals surface area contributed by atoms with Gasteiger partial charge in [-0.05, 0) is 18.6 Å². The van der Waals surface area contributed by atoms with Crippen molar-refractivity contribution < 1.29 is 4.79 Å². The highest BCUT2D eigenvalue weighted by Gasteiger charge is 2.15. The molecule has 1 heterocycles. The lowest BCUT2D eigenvalue weighted by Gasteiger charge is -2.09. The first-order chi connectivity index (χ1) is 12.6. The Morgan fingerprint density at radius 2 is 1.88 bits per heavy atom. The van der Waals surface area contributed by atoms with E-state index in [9.17, 15) is 9.59 Å². The molecule has 6 nitrogen and oxygen atoms in total. The number of fused-ring (bicyclic) bond motifs is 1. The van der Waals surface area contributed by atoms with Gasteiger partial charge in [0.25, 0.3) is 11.5 Å². The van der Waals surface area contributed by atoms with Crippen LogP contribution in [-0.4, -0.2) is 21.9 Å². The lowest BCUT2D eigenvalue weighted by molar-refractivity contribution is 0.0949. The van der Waals surface area contributed by atoms with Crippen molar-refractivity contribution in [3.8, 4) is 0 Å². The molecule has 0 aliphatic heterocycles. The minimum absolute atomic E-state index is 0.179. The second-order valence-electron chi connectivity index (χ2n) is 5.64. The highest BCUT2D eigenvalue weighted by molar-refractivity contribution is 9.10. The van der Waals surface area contributed by atoms with Crippen molar-refractivity contribution in [2.45, 2.75) is 19.9 Å². The van der Waals surface area contributed by atoms with Crippen molar-refractivity contribution in [2.75, 3.05) is 0 Å². The lowest BCUT2D eigenvalue weighted by atomic mass is 10.1. The van der Waals surface area contributed by atoms with Crippen molar-refractivity contribution in [3.05, 3.63) is 74.6 Å². The number of rotatable bonds is 5. The molecule has 1 aromatic heterocycles. The molecule has 0 saturated heterocycles. The van der Waals surface area contributed by atoms with Crippen LogP contribution in [0.3, 0.4) is 0 Å². The van der Waals surface area contributed by atoms with E-state index in [2.05, 4.69) is 31.6 Å². The lowest BCUT2D eigenvalue weighted by Crippen LogP contribution is -2.29. The number of carbonyl (C=O) groups is 1. The molecule has 0 aliphatic rings. The van der Waals surface area contributed by atoms with Gasteiger partial charge in [-0.25, -0.2) is 10.1 Å². The third-order valence-electron chi connectivity index (χ3n) is 3.79. The van der Waals surface area contributed by atoms with Gasteiger partial charge in [-0.15, -0.1) is 0 Å². The Kier molecular flexibility index (Phi) is 5.58. The summed E-state index contributed by atoms with van der Waals surface area (Å²) in [5.74, 6) is -0.464. The van der Waals surface area contributed by atoms with Crippen LogP contribution in [-0.2, 0) is 6.54 Å². The van der Waals surface area contributed by atoms with Gasteiger partial charge in [-0.2, -0.15) is 10.2 Å². The molecule has 0 radical (unpaired) electrons. The van der Waals surface area contributed by atoms with Crippen LogP contribution in [0.15, 0.2) is 62.9 Å². The molecule has 26 heavy (non-hydrogen) atoms. The van der Waals surface area contributed by atoms with Gasteiger partial charge in [0.2, 0.25) is 0 Å². The maximum absolute atomic E-state index is 12.6. The van der Waals surface area contributed by atoms with E-state index in [1.54, 1.807) is 30.5 Å². The van der Waals surface area contributed by atoms with Crippen LogP contribution in [0.5, 0.6) is 0 Å². The first-order valence-electron chi connectivity index (χ1n) is 8.19. The maximum Gasteiger partial charge on any atom is 0.292 e. The third-order valence-corrected chi connectivity index (χ3v) is 4.52. The molecule has 0 spiro atoms. The SMILES string of the molecule is CCCn1nc(C(=O)N/N=C\c2ccccc2Br)c2ccccc2c1=O. The molecule has 3 aromatic rings. The van der Waals surface area contributed by atoms with Crippen molar-refractivity contribution in [2.24, 2.45) is 5.10 Å². The summed E-state index contributed by atoms with van der Waals surface area (Å²) in [6, 6.07) is 14.5. The number of amides is 1. The van der Waals surface area contributed by atoms with Gasteiger partial charge in [-0.1, -0.05) is 59.3 Å². The van der Waals surface area contributed by atoms with E-state index in [1.165, 1.54) is 4.68 Å². The highest BCUT2D eigenvalue weighted by Crippen LogP contribution is 2.14. The Hall–Kier alpha value is -2.80. The molecule has 1 N–H and O–H groups in total. The quantitative estimate of drug-likeness (QED) is 0.515. The second-order valence-corrected chi connectivity index (χ2v) is 6.50. The zero-order chi connectivity index (χ0) is 18.5.